The summed E-state index contributed by atoms with van der Waals surface area (Å²) < 4.78 is 0. The second-order valence-electron chi connectivity index (χ2n) is 7.54. The van der Waals surface area contributed by atoms with Gasteiger partial charge in [-0.2, -0.15) is 0 Å². The summed E-state index contributed by atoms with van der Waals surface area (Å²) in [4.78, 5) is 21.6. The molecule has 0 unspecified atom stereocenters. The van der Waals surface area contributed by atoms with Crippen LogP contribution < -0.4 is 5.32 Å². The maximum atomic E-state index is 12.9. The van der Waals surface area contributed by atoms with Crippen molar-refractivity contribution in [2.75, 3.05) is 38.5 Å². The van der Waals surface area contributed by atoms with Gasteiger partial charge in [0, 0.05) is 60.9 Å². The Kier molecular flexibility index (Phi) is 6.55. The van der Waals surface area contributed by atoms with Crippen LogP contribution in [0.5, 0.6) is 0 Å². The summed E-state index contributed by atoms with van der Waals surface area (Å²) in [5.74, 6) is 0.624. The number of benzene rings is 1. The number of carbonyl (C=O) groups is 1. The van der Waals surface area contributed by atoms with Crippen molar-refractivity contribution in [2.24, 2.45) is 5.92 Å². The quantitative estimate of drug-likeness (QED) is 0.815. The average molecular weight is 389 g/mol. The molecule has 1 aromatic carbocycles. The Morgan fingerprint density at radius 1 is 1.26 bits per heavy atom. The molecule has 0 radical (unpaired) electrons. The molecular formula is C21H29ClN4O. The standard InChI is InChI=1S/C21H29ClN4O/c1-4-15(2)19(14-21(27)26-11-9-25(3)10-12-26)24-18-7-8-23-20-13-16(22)5-6-17(18)20/h5-8,13,15,19H,4,9-12,14H2,1-3H3,(H,23,24)/t15-,19+/m0/s1. The minimum atomic E-state index is 0.0865. The highest BCUT2D eigenvalue weighted by Gasteiger charge is 2.25. The van der Waals surface area contributed by atoms with Crippen molar-refractivity contribution in [3.05, 3.63) is 35.5 Å². The number of halogens is 1. The van der Waals surface area contributed by atoms with E-state index in [1.165, 1.54) is 0 Å². The van der Waals surface area contributed by atoms with Gasteiger partial charge in [0.2, 0.25) is 5.91 Å². The van der Waals surface area contributed by atoms with E-state index in [2.05, 4.69) is 36.1 Å². The molecule has 0 saturated carbocycles. The molecule has 3 rings (SSSR count). The number of pyridine rings is 1. The summed E-state index contributed by atoms with van der Waals surface area (Å²) in [5.41, 5.74) is 1.87. The lowest BCUT2D eigenvalue weighted by Gasteiger charge is -2.34. The molecule has 27 heavy (non-hydrogen) atoms. The molecule has 0 aliphatic carbocycles. The normalized spacial score (nSPS) is 17.7. The number of aromatic nitrogens is 1. The Labute approximate surface area is 166 Å². The molecule has 1 aromatic heterocycles. The van der Waals surface area contributed by atoms with E-state index >= 15 is 0 Å². The van der Waals surface area contributed by atoms with Crippen LogP contribution in [-0.2, 0) is 4.79 Å². The Morgan fingerprint density at radius 3 is 2.70 bits per heavy atom. The van der Waals surface area contributed by atoms with Crippen molar-refractivity contribution in [1.82, 2.24) is 14.8 Å². The van der Waals surface area contributed by atoms with Gasteiger partial charge in [-0.15, -0.1) is 0 Å². The van der Waals surface area contributed by atoms with Crippen LogP contribution in [0.3, 0.4) is 0 Å². The average Bonchev–Trinajstić information content (AvgIpc) is 2.67. The van der Waals surface area contributed by atoms with Gasteiger partial charge in [-0.05, 0) is 37.2 Å². The van der Waals surface area contributed by atoms with Gasteiger partial charge in [0.05, 0.1) is 5.52 Å². The van der Waals surface area contributed by atoms with Gasteiger partial charge < -0.3 is 15.1 Å². The topological polar surface area (TPSA) is 48.5 Å². The molecule has 1 fully saturated rings. The van der Waals surface area contributed by atoms with E-state index in [0.717, 1.165) is 49.2 Å². The molecule has 1 N–H and O–H groups in total. The van der Waals surface area contributed by atoms with Crippen molar-refractivity contribution >= 4 is 34.1 Å². The van der Waals surface area contributed by atoms with Crippen LogP contribution in [0, 0.1) is 5.92 Å². The van der Waals surface area contributed by atoms with E-state index in [9.17, 15) is 4.79 Å². The van der Waals surface area contributed by atoms with Gasteiger partial charge in [0.25, 0.3) is 0 Å². The summed E-state index contributed by atoms with van der Waals surface area (Å²) in [6, 6.07) is 7.80. The first-order chi connectivity index (χ1) is 13.0. The Hall–Kier alpha value is -1.85. The van der Waals surface area contributed by atoms with E-state index in [1.54, 1.807) is 6.20 Å². The van der Waals surface area contributed by atoms with Gasteiger partial charge in [0.1, 0.15) is 0 Å². The summed E-state index contributed by atoms with van der Waals surface area (Å²) in [6.45, 7) is 7.91. The lowest BCUT2D eigenvalue weighted by Crippen LogP contribution is -2.48. The van der Waals surface area contributed by atoms with Crippen LogP contribution in [0.25, 0.3) is 10.9 Å². The number of hydrogen-bond donors (Lipinski definition) is 1. The van der Waals surface area contributed by atoms with Crippen LogP contribution in [0.2, 0.25) is 5.02 Å². The van der Waals surface area contributed by atoms with Crippen LogP contribution >= 0.6 is 11.6 Å². The molecule has 1 saturated heterocycles. The molecule has 1 aliphatic rings. The van der Waals surface area contributed by atoms with Gasteiger partial charge in [-0.3, -0.25) is 9.78 Å². The largest absolute Gasteiger partial charge is 0.381 e. The van der Waals surface area contributed by atoms with E-state index in [-0.39, 0.29) is 11.9 Å². The van der Waals surface area contributed by atoms with Crippen molar-refractivity contribution in [1.29, 1.82) is 0 Å². The van der Waals surface area contributed by atoms with Gasteiger partial charge in [-0.1, -0.05) is 31.9 Å². The number of rotatable bonds is 6. The van der Waals surface area contributed by atoms with E-state index in [4.69, 9.17) is 11.6 Å². The van der Waals surface area contributed by atoms with Gasteiger partial charge >= 0.3 is 0 Å². The zero-order valence-corrected chi connectivity index (χ0v) is 17.2. The zero-order chi connectivity index (χ0) is 19.4. The molecule has 146 valence electrons. The summed E-state index contributed by atoms with van der Waals surface area (Å²) in [5, 5.41) is 5.34. The van der Waals surface area contributed by atoms with Gasteiger partial charge in [0.15, 0.2) is 0 Å². The Balaban J connectivity index is 1.77. The first-order valence-corrected chi connectivity index (χ1v) is 10.1. The number of hydrogen-bond acceptors (Lipinski definition) is 4. The van der Waals surface area contributed by atoms with Crippen LogP contribution in [0.4, 0.5) is 5.69 Å². The van der Waals surface area contributed by atoms with Crippen molar-refractivity contribution in [2.45, 2.75) is 32.7 Å². The fraction of sp³-hybridized carbons (Fsp3) is 0.524. The third-order valence-electron chi connectivity index (χ3n) is 5.63. The SMILES string of the molecule is CC[C@H](C)[C@@H](CC(=O)N1CCN(C)CC1)Nc1ccnc2cc(Cl)ccc12. The fourth-order valence-electron chi connectivity index (χ4n) is 3.50. The molecule has 5 nitrogen and oxygen atoms in total. The summed E-state index contributed by atoms with van der Waals surface area (Å²) >= 11 is 6.10. The number of anilines is 1. The molecule has 0 bridgehead atoms. The monoisotopic (exact) mass is 388 g/mol. The summed E-state index contributed by atoms with van der Waals surface area (Å²) in [7, 11) is 2.10. The third-order valence-corrected chi connectivity index (χ3v) is 5.86. The first-order valence-electron chi connectivity index (χ1n) is 9.75. The predicted molar refractivity (Wildman–Crippen MR) is 112 cm³/mol. The predicted octanol–water partition coefficient (Wildman–Crippen LogP) is 3.88. The van der Waals surface area contributed by atoms with Crippen LogP contribution in [0.1, 0.15) is 26.7 Å². The Morgan fingerprint density at radius 2 is 2.00 bits per heavy atom. The highest BCUT2D eigenvalue weighted by Crippen LogP contribution is 2.27. The van der Waals surface area contributed by atoms with Crippen molar-refractivity contribution in [3.63, 3.8) is 0 Å². The van der Waals surface area contributed by atoms with E-state index in [0.29, 0.717) is 17.4 Å². The molecule has 1 aliphatic heterocycles. The van der Waals surface area contributed by atoms with E-state index < -0.39 is 0 Å². The number of carbonyl (C=O) groups excluding carboxylic acids is 1. The summed E-state index contributed by atoms with van der Waals surface area (Å²) in [6.07, 6.45) is 3.32. The number of fused-ring (bicyclic) bond motifs is 1. The number of amides is 1. The number of piperazine rings is 1. The first kappa shape index (κ1) is 19.9. The van der Waals surface area contributed by atoms with Crippen LogP contribution in [-0.4, -0.2) is 60.0 Å². The lowest BCUT2D eigenvalue weighted by molar-refractivity contribution is -0.133. The second kappa shape index (κ2) is 8.89. The smallest absolute Gasteiger partial charge is 0.224 e. The molecule has 6 heteroatoms. The van der Waals surface area contributed by atoms with Crippen molar-refractivity contribution < 1.29 is 4.79 Å². The minimum absolute atomic E-state index is 0.0865. The molecule has 1 amide bonds. The van der Waals surface area contributed by atoms with Crippen molar-refractivity contribution in [3.8, 4) is 0 Å². The molecule has 2 aromatic rings. The van der Waals surface area contributed by atoms with Crippen LogP contribution in [0.15, 0.2) is 30.5 Å². The molecule has 2 heterocycles. The zero-order valence-electron chi connectivity index (χ0n) is 16.4. The second-order valence-corrected chi connectivity index (χ2v) is 7.98. The maximum Gasteiger partial charge on any atom is 0.224 e. The van der Waals surface area contributed by atoms with E-state index in [1.807, 2.05) is 29.2 Å². The number of nitrogens with zero attached hydrogens (tertiary/aromatic N) is 3. The van der Waals surface area contributed by atoms with Gasteiger partial charge in [-0.25, -0.2) is 0 Å². The highest BCUT2D eigenvalue weighted by molar-refractivity contribution is 6.31. The molecule has 0 spiro atoms. The lowest BCUT2D eigenvalue weighted by atomic mass is 9.95. The molecular weight excluding hydrogens is 360 g/mol. The minimum Gasteiger partial charge on any atom is -0.381 e. The number of nitrogens with one attached hydrogen (secondary N) is 1. The number of likely N-dealkylation sites (N-methyl/N-ethyl adjacent to an activating group) is 1. The maximum absolute atomic E-state index is 12.9. The molecule has 2 atom stereocenters. The highest BCUT2D eigenvalue weighted by atomic mass is 35.5. The third kappa shape index (κ3) is 4.90. The Bertz CT molecular complexity index is 789. The fourth-order valence-corrected chi connectivity index (χ4v) is 3.67.